The lowest BCUT2D eigenvalue weighted by atomic mass is 10.0. The first-order valence-corrected chi connectivity index (χ1v) is 7.12. The number of rotatable bonds is 6. The zero-order valence-electron chi connectivity index (χ0n) is 12.0. The van der Waals surface area contributed by atoms with Crippen LogP contribution in [0.1, 0.15) is 28.6 Å². The van der Waals surface area contributed by atoms with Gasteiger partial charge in [-0.05, 0) is 35.6 Å². The molecule has 0 bridgehead atoms. The van der Waals surface area contributed by atoms with E-state index in [1.54, 1.807) is 6.08 Å². The second-order valence-electron chi connectivity index (χ2n) is 5.00. The van der Waals surface area contributed by atoms with Crippen molar-refractivity contribution in [2.45, 2.75) is 18.9 Å². The highest BCUT2D eigenvalue weighted by atomic mass is 16.3. The number of aromatic nitrogens is 5. The fourth-order valence-corrected chi connectivity index (χ4v) is 2.28. The Hall–Kier alpha value is -2.73. The van der Waals surface area contributed by atoms with Crippen LogP contribution in [0.15, 0.2) is 48.8 Å². The number of H-pyrrole nitrogens is 2. The molecule has 2 heterocycles. The van der Waals surface area contributed by atoms with Crippen molar-refractivity contribution < 1.29 is 5.11 Å². The van der Waals surface area contributed by atoms with Crippen molar-refractivity contribution in [3.05, 3.63) is 71.3 Å². The highest BCUT2D eigenvalue weighted by Crippen LogP contribution is 2.16. The van der Waals surface area contributed by atoms with Gasteiger partial charge in [-0.3, -0.25) is 0 Å². The molecule has 0 fully saturated rings. The van der Waals surface area contributed by atoms with E-state index in [1.807, 2.05) is 24.5 Å². The maximum absolute atomic E-state index is 9.93. The molecule has 6 nitrogen and oxygen atoms in total. The van der Waals surface area contributed by atoms with Crippen molar-refractivity contribution in [3.63, 3.8) is 0 Å². The molecule has 0 saturated heterocycles. The van der Waals surface area contributed by atoms with Gasteiger partial charge < -0.3 is 10.1 Å². The minimum Gasteiger partial charge on any atom is -0.381 e. The van der Waals surface area contributed by atoms with Gasteiger partial charge in [-0.15, -0.1) is 10.2 Å². The topological polar surface area (TPSA) is 90.5 Å². The molecule has 0 aliphatic rings. The smallest absolute Gasteiger partial charge is 0.206 e. The second kappa shape index (κ2) is 6.82. The van der Waals surface area contributed by atoms with Crippen molar-refractivity contribution in [1.29, 1.82) is 0 Å². The van der Waals surface area contributed by atoms with E-state index in [4.69, 9.17) is 0 Å². The molecule has 1 unspecified atom stereocenters. The Bertz CT molecular complexity index is 718. The normalized spacial score (nSPS) is 12.8. The molecule has 0 saturated carbocycles. The molecule has 22 heavy (non-hydrogen) atoms. The summed E-state index contributed by atoms with van der Waals surface area (Å²) >= 11 is 0. The molecule has 3 aromatic rings. The number of aliphatic hydroxyl groups is 1. The number of aliphatic hydroxyl groups excluding tert-OH is 1. The number of nitrogens with one attached hydrogen (secondary N) is 2. The first-order chi connectivity index (χ1) is 10.8. The van der Waals surface area contributed by atoms with Crippen LogP contribution in [0.5, 0.6) is 0 Å². The molecule has 112 valence electrons. The van der Waals surface area contributed by atoms with Crippen LogP contribution in [0.4, 0.5) is 0 Å². The lowest BCUT2D eigenvalue weighted by Gasteiger charge is -2.02. The van der Waals surface area contributed by atoms with E-state index in [0.717, 1.165) is 18.4 Å². The van der Waals surface area contributed by atoms with E-state index in [0.29, 0.717) is 0 Å². The molecule has 1 aromatic carbocycles. The van der Waals surface area contributed by atoms with Crippen LogP contribution in [0, 0.1) is 0 Å². The van der Waals surface area contributed by atoms with Crippen molar-refractivity contribution in [2.24, 2.45) is 0 Å². The number of hydrogen-bond donors (Lipinski definition) is 3. The molecule has 0 radical (unpaired) electrons. The Morgan fingerprint density at radius 3 is 2.77 bits per heavy atom. The monoisotopic (exact) mass is 295 g/mol. The number of benzene rings is 1. The molecule has 6 heteroatoms. The summed E-state index contributed by atoms with van der Waals surface area (Å²) in [6.07, 6.45) is 8.48. The number of aryl methyl sites for hydroxylation is 2. The van der Waals surface area contributed by atoms with E-state index in [9.17, 15) is 5.11 Å². The lowest BCUT2D eigenvalue weighted by molar-refractivity contribution is 0.219. The molecule has 2 aromatic heterocycles. The largest absolute Gasteiger partial charge is 0.381 e. The Morgan fingerprint density at radius 1 is 1.14 bits per heavy atom. The Kier molecular flexibility index (Phi) is 4.41. The van der Waals surface area contributed by atoms with Gasteiger partial charge in [0, 0.05) is 12.4 Å². The average Bonchev–Trinajstić information content (AvgIpc) is 3.23. The number of aromatic amines is 2. The predicted molar refractivity (Wildman–Crippen MR) is 82.8 cm³/mol. The molecule has 3 rings (SSSR count). The Morgan fingerprint density at radius 2 is 2.00 bits per heavy atom. The summed E-state index contributed by atoms with van der Waals surface area (Å²) in [6.45, 7) is 0. The van der Waals surface area contributed by atoms with Crippen LogP contribution in [0.3, 0.4) is 0 Å². The molecule has 0 aliphatic carbocycles. The molecule has 0 spiro atoms. The maximum Gasteiger partial charge on any atom is 0.206 e. The maximum atomic E-state index is 9.93. The van der Waals surface area contributed by atoms with Gasteiger partial charge in [0.05, 0.1) is 0 Å². The van der Waals surface area contributed by atoms with Crippen LogP contribution in [-0.4, -0.2) is 30.7 Å². The van der Waals surface area contributed by atoms with Gasteiger partial charge in [-0.25, -0.2) is 0 Å². The molecule has 0 aliphatic heterocycles. The van der Waals surface area contributed by atoms with Crippen LogP contribution in [0.2, 0.25) is 0 Å². The van der Waals surface area contributed by atoms with Crippen molar-refractivity contribution in [3.8, 4) is 0 Å². The van der Waals surface area contributed by atoms with Crippen molar-refractivity contribution in [2.75, 3.05) is 0 Å². The molecular formula is C16H17N5O. The molecule has 1 atom stereocenters. The van der Waals surface area contributed by atoms with E-state index < -0.39 is 6.10 Å². The minimum absolute atomic E-state index is 0.262. The van der Waals surface area contributed by atoms with E-state index in [-0.39, 0.29) is 5.82 Å². The van der Waals surface area contributed by atoms with Crippen molar-refractivity contribution >= 4 is 6.08 Å². The number of nitrogens with zero attached hydrogens (tertiary/aromatic N) is 3. The van der Waals surface area contributed by atoms with Crippen LogP contribution in [-0.2, 0) is 12.8 Å². The summed E-state index contributed by atoms with van der Waals surface area (Å²) in [5.41, 5.74) is 3.57. The van der Waals surface area contributed by atoms with Crippen LogP contribution >= 0.6 is 0 Å². The quantitative estimate of drug-likeness (QED) is 0.649. The zero-order chi connectivity index (χ0) is 15.2. The molecular weight excluding hydrogens is 278 g/mol. The summed E-state index contributed by atoms with van der Waals surface area (Å²) in [5, 5.41) is 23.2. The third kappa shape index (κ3) is 3.48. The second-order valence-corrected chi connectivity index (χ2v) is 5.00. The molecule has 0 amide bonds. The summed E-state index contributed by atoms with van der Waals surface area (Å²) < 4.78 is 0. The van der Waals surface area contributed by atoms with Gasteiger partial charge in [0.1, 0.15) is 6.10 Å². The number of tetrazole rings is 1. The van der Waals surface area contributed by atoms with Gasteiger partial charge in [0.2, 0.25) is 5.82 Å². The highest BCUT2D eigenvalue weighted by molar-refractivity contribution is 5.53. The SMILES string of the molecule is OC(C=Cc1c[nH]cc1CCc1ccccc1)c1nn[nH]n1. The minimum atomic E-state index is -0.865. The van der Waals surface area contributed by atoms with E-state index in [2.05, 4.69) is 49.9 Å². The van der Waals surface area contributed by atoms with E-state index in [1.165, 1.54) is 11.1 Å². The zero-order valence-corrected chi connectivity index (χ0v) is 12.0. The summed E-state index contributed by atoms with van der Waals surface area (Å²) in [7, 11) is 0. The van der Waals surface area contributed by atoms with Gasteiger partial charge in [0.15, 0.2) is 0 Å². The summed E-state index contributed by atoms with van der Waals surface area (Å²) in [4.78, 5) is 3.11. The van der Waals surface area contributed by atoms with E-state index >= 15 is 0 Å². The summed E-state index contributed by atoms with van der Waals surface area (Å²) in [6, 6.07) is 10.4. The van der Waals surface area contributed by atoms with Gasteiger partial charge in [-0.1, -0.05) is 41.6 Å². The van der Waals surface area contributed by atoms with Crippen molar-refractivity contribution in [1.82, 2.24) is 25.6 Å². The van der Waals surface area contributed by atoms with Gasteiger partial charge in [0.25, 0.3) is 0 Å². The first-order valence-electron chi connectivity index (χ1n) is 7.12. The highest BCUT2D eigenvalue weighted by Gasteiger charge is 2.08. The molecule has 3 N–H and O–H groups in total. The van der Waals surface area contributed by atoms with Crippen LogP contribution in [0.25, 0.3) is 6.08 Å². The number of hydrogen-bond acceptors (Lipinski definition) is 4. The third-order valence-electron chi connectivity index (χ3n) is 3.48. The average molecular weight is 295 g/mol. The standard InChI is InChI=1S/C16H17N5O/c22-15(16-18-20-21-19-16)9-8-14-11-17-10-13(14)7-6-12-4-2-1-3-5-12/h1-5,8-11,15,17,22H,6-7H2,(H,18,19,20,21). The first kappa shape index (κ1) is 14.2. The Labute approximate surface area is 127 Å². The fraction of sp³-hybridized carbons (Fsp3) is 0.188. The van der Waals surface area contributed by atoms with Crippen LogP contribution < -0.4 is 0 Å². The summed E-state index contributed by atoms with van der Waals surface area (Å²) in [5.74, 6) is 0.262. The predicted octanol–water partition coefficient (Wildman–Crippen LogP) is 2.06. The van der Waals surface area contributed by atoms with Gasteiger partial charge >= 0.3 is 0 Å². The Balaban J connectivity index is 1.64. The third-order valence-corrected chi connectivity index (χ3v) is 3.48. The lowest BCUT2D eigenvalue weighted by Crippen LogP contribution is -1.96. The fourth-order valence-electron chi connectivity index (χ4n) is 2.28. The van der Waals surface area contributed by atoms with Gasteiger partial charge in [-0.2, -0.15) is 5.21 Å².